The van der Waals surface area contributed by atoms with Gasteiger partial charge in [0.05, 0.1) is 5.57 Å². The molecule has 0 amide bonds. The van der Waals surface area contributed by atoms with Gasteiger partial charge in [-0.3, -0.25) is 0 Å². The molecule has 1 fully saturated rings. The third-order valence-corrected chi connectivity index (χ3v) is 5.99. The maximum Gasteiger partial charge on any atom is 0.171 e. The Morgan fingerprint density at radius 2 is 1.56 bits per heavy atom. The molecule has 1 saturated carbocycles. The molecule has 3 nitrogen and oxygen atoms in total. The predicted octanol–water partition coefficient (Wildman–Crippen LogP) is 8.42. The lowest BCUT2D eigenvalue weighted by atomic mass is 10.0. The molecule has 6 heteroatoms. The summed E-state index contributed by atoms with van der Waals surface area (Å²) in [4.78, 5) is 0. The van der Waals surface area contributed by atoms with Gasteiger partial charge in [0.15, 0.2) is 17.5 Å². The number of nitrogens with one attached hydrogen (secondary N) is 2. The predicted molar refractivity (Wildman–Crippen MR) is 136 cm³/mol. The van der Waals surface area contributed by atoms with E-state index in [1.54, 1.807) is 36.4 Å². The minimum absolute atomic E-state index is 0.126. The Hall–Kier alpha value is -3.15. The van der Waals surface area contributed by atoms with Crippen LogP contribution in [-0.2, 0) is 0 Å². The average Bonchev–Trinajstić information content (AvgIpc) is 3.67. The largest absolute Gasteiger partial charge is 0.510 e. The number of anilines is 2. The van der Waals surface area contributed by atoms with Crippen LogP contribution in [0.15, 0.2) is 71.8 Å². The molecule has 3 N–H and O–H groups in total. The minimum atomic E-state index is -1.37. The summed E-state index contributed by atoms with van der Waals surface area (Å²) in [6, 6.07) is 13.3. The summed E-state index contributed by atoms with van der Waals surface area (Å²) in [6.45, 7) is 6.99. The molecule has 0 spiro atoms. The van der Waals surface area contributed by atoms with E-state index in [4.69, 9.17) is 0 Å². The molecule has 1 aliphatic carbocycles. The number of benzene rings is 2. The van der Waals surface area contributed by atoms with E-state index in [1.807, 2.05) is 0 Å². The molecule has 2 aromatic carbocycles. The van der Waals surface area contributed by atoms with E-state index in [0.717, 1.165) is 49.8 Å². The highest BCUT2D eigenvalue weighted by Gasteiger charge is 2.21. The van der Waals surface area contributed by atoms with Gasteiger partial charge in [0, 0.05) is 24.5 Å². The summed E-state index contributed by atoms with van der Waals surface area (Å²) in [6.07, 6.45) is 4.52. The molecule has 0 heterocycles. The fourth-order valence-corrected chi connectivity index (χ4v) is 3.33. The number of aliphatic hydroxyl groups is 1. The second-order valence-corrected chi connectivity index (χ2v) is 9.00. The first-order valence-corrected chi connectivity index (χ1v) is 11.8. The van der Waals surface area contributed by atoms with Gasteiger partial charge in [0.1, 0.15) is 5.76 Å². The lowest BCUT2D eigenvalue weighted by Crippen LogP contribution is -2.10. The minimum Gasteiger partial charge on any atom is -0.510 e. The molecule has 0 saturated heterocycles. The monoisotopic (exact) mass is 470 g/mol. The molecule has 2 aromatic rings. The Kier molecular flexibility index (Phi) is 8.85. The van der Waals surface area contributed by atoms with Crippen molar-refractivity contribution in [2.24, 2.45) is 11.8 Å². The van der Waals surface area contributed by atoms with Crippen LogP contribution in [0.3, 0.4) is 0 Å². The van der Waals surface area contributed by atoms with Crippen LogP contribution < -0.4 is 10.6 Å². The molecule has 34 heavy (non-hydrogen) atoms. The van der Waals surface area contributed by atoms with Gasteiger partial charge in [-0.05, 0) is 73.1 Å². The van der Waals surface area contributed by atoms with E-state index >= 15 is 4.39 Å². The van der Waals surface area contributed by atoms with Gasteiger partial charge in [0.25, 0.3) is 0 Å². The molecule has 1 atom stereocenters. The molecule has 1 aliphatic rings. The molecular formula is C28H33F3N2O. The summed E-state index contributed by atoms with van der Waals surface area (Å²) in [5.74, 6) is -3.32. The number of allylic oxidation sites excluding steroid dienone is 5. The summed E-state index contributed by atoms with van der Waals surface area (Å²) in [5, 5.41) is 16.2. The van der Waals surface area contributed by atoms with Gasteiger partial charge < -0.3 is 15.7 Å². The smallest absolute Gasteiger partial charge is 0.171 e. The van der Waals surface area contributed by atoms with Crippen LogP contribution in [0.4, 0.5) is 24.5 Å². The lowest BCUT2D eigenvalue weighted by Gasteiger charge is -2.13. The highest BCUT2D eigenvalue weighted by Crippen LogP contribution is 2.35. The van der Waals surface area contributed by atoms with Gasteiger partial charge in [-0.25, -0.2) is 13.2 Å². The number of aliphatic hydroxyl groups excluding tert-OH is 1. The van der Waals surface area contributed by atoms with Crippen LogP contribution >= 0.6 is 0 Å². The molecule has 0 aromatic heterocycles. The zero-order valence-electron chi connectivity index (χ0n) is 20.0. The Bertz CT molecular complexity index is 1050. The van der Waals surface area contributed by atoms with Crippen molar-refractivity contribution < 1.29 is 18.3 Å². The number of hydrogen-bond donors (Lipinski definition) is 3. The van der Waals surface area contributed by atoms with Crippen molar-refractivity contribution in [3.05, 3.63) is 82.9 Å². The third kappa shape index (κ3) is 7.17. The molecule has 0 aliphatic heterocycles. The number of rotatable bonds is 11. The van der Waals surface area contributed by atoms with E-state index in [-0.39, 0.29) is 5.56 Å². The summed E-state index contributed by atoms with van der Waals surface area (Å²) in [5.41, 5.74) is 1.65. The Morgan fingerprint density at radius 1 is 0.971 bits per heavy atom. The Balaban J connectivity index is 1.83. The zero-order valence-corrected chi connectivity index (χ0v) is 20.0. The summed E-state index contributed by atoms with van der Waals surface area (Å²) >= 11 is 0. The van der Waals surface area contributed by atoms with E-state index in [0.29, 0.717) is 11.5 Å². The first-order chi connectivity index (χ1) is 16.3. The SMILES string of the molecule is CCC(C)CNc1ccc(C(/C(F)=C(\C)O)=C(F)/C(F)=C/c2ccc(NCC3CC3)cc2)cc1. The highest BCUT2D eigenvalue weighted by atomic mass is 19.2. The molecule has 182 valence electrons. The van der Waals surface area contributed by atoms with Crippen LogP contribution in [-0.4, -0.2) is 18.2 Å². The van der Waals surface area contributed by atoms with Crippen LogP contribution in [0, 0.1) is 11.8 Å². The van der Waals surface area contributed by atoms with Crippen molar-refractivity contribution in [1.29, 1.82) is 0 Å². The van der Waals surface area contributed by atoms with Crippen molar-refractivity contribution in [2.75, 3.05) is 23.7 Å². The van der Waals surface area contributed by atoms with Crippen LogP contribution in [0.2, 0.25) is 0 Å². The quantitative estimate of drug-likeness (QED) is 0.228. The number of halogens is 3. The van der Waals surface area contributed by atoms with Crippen LogP contribution in [0.1, 0.15) is 51.2 Å². The molecule has 0 radical (unpaired) electrons. The zero-order chi connectivity index (χ0) is 24.7. The van der Waals surface area contributed by atoms with Crippen molar-refractivity contribution in [3.63, 3.8) is 0 Å². The molecule has 0 bridgehead atoms. The Morgan fingerprint density at radius 3 is 2.12 bits per heavy atom. The second-order valence-electron chi connectivity index (χ2n) is 9.00. The van der Waals surface area contributed by atoms with Gasteiger partial charge in [-0.1, -0.05) is 44.5 Å². The maximum atomic E-state index is 15.2. The highest BCUT2D eigenvalue weighted by molar-refractivity contribution is 5.82. The normalized spacial score (nSPS) is 16.5. The fourth-order valence-electron chi connectivity index (χ4n) is 3.33. The van der Waals surface area contributed by atoms with E-state index in [9.17, 15) is 13.9 Å². The molecule has 3 rings (SSSR count). The fraction of sp³-hybridized carbons (Fsp3) is 0.357. The molecular weight excluding hydrogens is 437 g/mol. The van der Waals surface area contributed by atoms with E-state index in [2.05, 4.69) is 24.5 Å². The van der Waals surface area contributed by atoms with Crippen molar-refractivity contribution in [3.8, 4) is 0 Å². The Labute approximate surface area is 200 Å². The van der Waals surface area contributed by atoms with Gasteiger partial charge >= 0.3 is 0 Å². The standard InChI is InChI=1S/C28H33F3N2O/c1-4-18(2)16-32-24-13-9-22(10-14-24)26(27(30)19(3)34)28(31)25(29)15-20-7-11-23(12-8-20)33-17-21-5-6-21/h7-15,18,21,32-34H,4-6,16-17H2,1-3H3/b25-15-,27-19-,28-26+. The topological polar surface area (TPSA) is 44.3 Å². The number of hydrogen-bond acceptors (Lipinski definition) is 3. The summed E-state index contributed by atoms with van der Waals surface area (Å²) < 4.78 is 44.8. The second kappa shape index (κ2) is 11.8. The van der Waals surface area contributed by atoms with Crippen LogP contribution in [0.5, 0.6) is 0 Å². The van der Waals surface area contributed by atoms with Crippen molar-refractivity contribution in [1.82, 2.24) is 0 Å². The van der Waals surface area contributed by atoms with Crippen molar-refractivity contribution >= 4 is 23.0 Å². The molecule has 1 unspecified atom stereocenters. The maximum absolute atomic E-state index is 15.2. The first-order valence-electron chi connectivity index (χ1n) is 11.8. The van der Waals surface area contributed by atoms with Gasteiger partial charge in [-0.15, -0.1) is 0 Å². The summed E-state index contributed by atoms with van der Waals surface area (Å²) in [7, 11) is 0. The van der Waals surface area contributed by atoms with E-state index in [1.165, 1.54) is 25.0 Å². The first kappa shape index (κ1) is 25.5. The van der Waals surface area contributed by atoms with E-state index < -0.39 is 28.8 Å². The van der Waals surface area contributed by atoms with Gasteiger partial charge in [0.2, 0.25) is 0 Å². The average molecular weight is 471 g/mol. The van der Waals surface area contributed by atoms with Gasteiger partial charge in [-0.2, -0.15) is 0 Å². The third-order valence-electron chi connectivity index (χ3n) is 5.99. The van der Waals surface area contributed by atoms with Crippen molar-refractivity contribution in [2.45, 2.75) is 40.0 Å². The lowest BCUT2D eigenvalue weighted by molar-refractivity contribution is 0.389. The van der Waals surface area contributed by atoms with Crippen LogP contribution in [0.25, 0.3) is 11.6 Å².